The molecule has 0 unspecified atom stereocenters. The molecular formula is C19H30O5. The van der Waals surface area contributed by atoms with Crippen molar-refractivity contribution in [1.82, 2.24) is 0 Å². The van der Waals surface area contributed by atoms with Gasteiger partial charge in [0.05, 0.1) is 19.6 Å². The van der Waals surface area contributed by atoms with Gasteiger partial charge in [-0.05, 0) is 37.5 Å². The summed E-state index contributed by atoms with van der Waals surface area (Å²) in [6.45, 7) is 7.81. The molecule has 3 spiro atoms. The topological polar surface area (TPSA) is 54.0 Å². The molecule has 0 bridgehead atoms. The Bertz CT molecular complexity index is 506. The van der Waals surface area contributed by atoms with E-state index in [0.717, 1.165) is 32.1 Å². The fourth-order valence-corrected chi connectivity index (χ4v) is 5.29. The van der Waals surface area contributed by atoms with Crippen molar-refractivity contribution in [2.24, 2.45) is 17.8 Å². The van der Waals surface area contributed by atoms with E-state index in [2.05, 4.69) is 20.8 Å². The Morgan fingerprint density at radius 2 is 1.88 bits per heavy atom. The number of esters is 1. The molecule has 0 amide bonds. The molecule has 4 aliphatic rings. The highest BCUT2D eigenvalue weighted by atomic mass is 16.8. The van der Waals surface area contributed by atoms with Crippen molar-refractivity contribution >= 4 is 5.97 Å². The molecule has 0 aromatic rings. The highest BCUT2D eigenvalue weighted by Crippen LogP contribution is 2.57. The average molecular weight is 338 g/mol. The van der Waals surface area contributed by atoms with E-state index in [0.29, 0.717) is 25.0 Å². The van der Waals surface area contributed by atoms with Crippen LogP contribution >= 0.6 is 0 Å². The second-order valence-corrected chi connectivity index (χ2v) is 8.55. The first kappa shape index (κ1) is 16.8. The van der Waals surface area contributed by atoms with Gasteiger partial charge in [-0.2, -0.15) is 0 Å². The minimum atomic E-state index is -0.810. The summed E-state index contributed by atoms with van der Waals surface area (Å²) < 4.78 is 24.8. The van der Waals surface area contributed by atoms with Crippen LogP contribution in [0.4, 0.5) is 0 Å². The third-order valence-corrected chi connectivity index (χ3v) is 6.83. The van der Waals surface area contributed by atoms with Crippen molar-refractivity contribution in [3.63, 3.8) is 0 Å². The molecule has 4 atom stereocenters. The molecule has 5 heteroatoms. The first-order chi connectivity index (χ1) is 11.4. The zero-order valence-corrected chi connectivity index (χ0v) is 15.1. The third-order valence-electron chi connectivity index (χ3n) is 6.83. The molecule has 0 aromatic heterocycles. The van der Waals surface area contributed by atoms with Crippen LogP contribution in [0.1, 0.15) is 65.7 Å². The van der Waals surface area contributed by atoms with Crippen LogP contribution in [0, 0.1) is 17.8 Å². The molecule has 2 saturated carbocycles. The predicted molar refractivity (Wildman–Crippen MR) is 87.1 cm³/mol. The molecule has 2 aliphatic heterocycles. The number of rotatable bonds is 1. The molecule has 5 nitrogen and oxygen atoms in total. The molecule has 2 heterocycles. The number of fused-ring (bicyclic) bond motifs is 1. The molecule has 2 saturated heterocycles. The summed E-state index contributed by atoms with van der Waals surface area (Å²) in [4.78, 5) is 12.6. The van der Waals surface area contributed by atoms with Crippen molar-refractivity contribution in [1.29, 1.82) is 0 Å². The van der Waals surface area contributed by atoms with Gasteiger partial charge in [0.25, 0.3) is 0 Å². The smallest absolute Gasteiger partial charge is 0.311 e. The van der Waals surface area contributed by atoms with Crippen molar-refractivity contribution in [3.8, 4) is 0 Å². The lowest BCUT2D eigenvalue weighted by molar-refractivity contribution is -0.387. The highest BCUT2D eigenvalue weighted by molar-refractivity contribution is 5.72. The maximum absolute atomic E-state index is 12.6. The molecule has 136 valence electrons. The Labute approximate surface area is 144 Å². The quantitative estimate of drug-likeness (QED) is 0.686. The van der Waals surface area contributed by atoms with E-state index in [-0.39, 0.29) is 18.3 Å². The van der Waals surface area contributed by atoms with E-state index in [1.807, 2.05) is 0 Å². The number of ether oxygens (including phenoxy) is 4. The molecule has 24 heavy (non-hydrogen) atoms. The summed E-state index contributed by atoms with van der Waals surface area (Å²) in [6.07, 6.45) is 5.81. The Balaban J connectivity index is 1.68. The van der Waals surface area contributed by atoms with Gasteiger partial charge in [0, 0.05) is 18.8 Å². The lowest BCUT2D eigenvalue weighted by Gasteiger charge is -2.55. The third kappa shape index (κ3) is 2.35. The van der Waals surface area contributed by atoms with Crippen LogP contribution in [0.3, 0.4) is 0 Å². The predicted octanol–water partition coefficient (Wildman–Crippen LogP) is 3.40. The summed E-state index contributed by atoms with van der Waals surface area (Å²) >= 11 is 0. The standard InChI is InChI=1S/C19H30O5/c1-13(2)15-6-5-14(3)18(11-15)23-16(20)12-17(24-18)7-4-8-19(17)21-9-10-22-19/h13-15H,4-12H2,1-3H3/t14-,15-,17-,18+/m1/s1. The molecule has 0 aromatic carbocycles. The average Bonchev–Trinajstić information content (AvgIpc) is 3.11. The SMILES string of the molecule is CC(C)[C@@H]1CC[C@@H](C)[C@@]2(C1)OC(=O)C[C@@]1(CCCC13OCCO3)O2. The van der Waals surface area contributed by atoms with Crippen molar-refractivity contribution in [3.05, 3.63) is 0 Å². The Morgan fingerprint density at radius 1 is 1.12 bits per heavy atom. The number of carbonyl (C=O) groups is 1. The fourth-order valence-electron chi connectivity index (χ4n) is 5.29. The molecule has 2 aliphatic carbocycles. The van der Waals surface area contributed by atoms with Gasteiger partial charge < -0.3 is 18.9 Å². The number of hydrogen-bond donors (Lipinski definition) is 0. The lowest BCUT2D eigenvalue weighted by Crippen LogP contribution is -2.65. The number of carbonyl (C=O) groups excluding carboxylic acids is 1. The Kier molecular flexibility index (Phi) is 3.98. The van der Waals surface area contributed by atoms with Gasteiger partial charge in [0.2, 0.25) is 5.79 Å². The van der Waals surface area contributed by atoms with Crippen LogP contribution in [-0.2, 0) is 23.7 Å². The van der Waals surface area contributed by atoms with Crippen LogP contribution < -0.4 is 0 Å². The summed E-state index contributed by atoms with van der Waals surface area (Å²) in [5.74, 6) is -0.428. The van der Waals surface area contributed by atoms with Crippen molar-refractivity contribution < 1.29 is 23.7 Å². The van der Waals surface area contributed by atoms with E-state index >= 15 is 0 Å². The normalized spacial score (nSPS) is 44.8. The largest absolute Gasteiger partial charge is 0.433 e. The second kappa shape index (κ2) is 5.68. The highest BCUT2D eigenvalue weighted by Gasteiger charge is 2.67. The van der Waals surface area contributed by atoms with Gasteiger partial charge >= 0.3 is 5.97 Å². The Hall–Kier alpha value is -0.650. The monoisotopic (exact) mass is 338 g/mol. The zero-order chi connectivity index (χ0) is 17.0. The molecule has 0 N–H and O–H groups in total. The number of hydrogen-bond acceptors (Lipinski definition) is 5. The van der Waals surface area contributed by atoms with Crippen LogP contribution in [0.5, 0.6) is 0 Å². The zero-order valence-electron chi connectivity index (χ0n) is 15.1. The fraction of sp³-hybridized carbons (Fsp3) is 0.947. The maximum Gasteiger partial charge on any atom is 0.311 e. The van der Waals surface area contributed by atoms with Crippen LogP contribution in [-0.4, -0.2) is 36.4 Å². The first-order valence-electron chi connectivity index (χ1n) is 9.60. The lowest BCUT2D eigenvalue weighted by atomic mass is 9.72. The van der Waals surface area contributed by atoms with Crippen molar-refractivity contribution in [2.75, 3.05) is 13.2 Å². The van der Waals surface area contributed by atoms with Crippen molar-refractivity contribution in [2.45, 2.75) is 82.9 Å². The van der Waals surface area contributed by atoms with Crippen LogP contribution in [0.2, 0.25) is 0 Å². The molecule has 4 fully saturated rings. The van der Waals surface area contributed by atoms with Crippen LogP contribution in [0.15, 0.2) is 0 Å². The van der Waals surface area contributed by atoms with E-state index < -0.39 is 17.2 Å². The van der Waals surface area contributed by atoms with E-state index in [4.69, 9.17) is 18.9 Å². The van der Waals surface area contributed by atoms with Gasteiger partial charge in [0.15, 0.2) is 5.79 Å². The van der Waals surface area contributed by atoms with E-state index in [9.17, 15) is 4.79 Å². The van der Waals surface area contributed by atoms with E-state index in [1.165, 1.54) is 6.42 Å². The molecule has 4 rings (SSSR count). The second-order valence-electron chi connectivity index (χ2n) is 8.55. The van der Waals surface area contributed by atoms with Gasteiger partial charge in [-0.15, -0.1) is 0 Å². The van der Waals surface area contributed by atoms with Gasteiger partial charge in [0.1, 0.15) is 5.60 Å². The minimum absolute atomic E-state index is 0.155. The van der Waals surface area contributed by atoms with Gasteiger partial charge in [-0.1, -0.05) is 20.8 Å². The molecular weight excluding hydrogens is 308 g/mol. The summed E-state index contributed by atoms with van der Waals surface area (Å²) in [7, 11) is 0. The minimum Gasteiger partial charge on any atom is -0.433 e. The summed E-state index contributed by atoms with van der Waals surface area (Å²) in [5, 5.41) is 0. The maximum atomic E-state index is 12.6. The van der Waals surface area contributed by atoms with Gasteiger partial charge in [-0.25, -0.2) is 0 Å². The van der Waals surface area contributed by atoms with E-state index in [1.54, 1.807) is 0 Å². The first-order valence-corrected chi connectivity index (χ1v) is 9.60. The summed E-state index contributed by atoms with van der Waals surface area (Å²) in [5.41, 5.74) is -0.675. The molecule has 0 radical (unpaired) electrons. The Morgan fingerprint density at radius 3 is 2.58 bits per heavy atom. The summed E-state index contributed by atoms with van der Waals surface area (Å²) in [6, 6.07) is 0. The van der Waals surface area contributed by atoms with Gasteiger partial charge in [-0.3, -0.25) is 4.79 Å². The van der Waals surface area contributed by atoms with Crippen LogP contribution in [0.25, 0.3) is 0 Å².